The van der Waals surface area contributed by atoms with Crippen LogP contribution in [0.1, 0.15) is 12.0 Å². The molecule has 0 saturated carbocycles. The van der Waals surface area contributed by atoms with Crippen molar-refractivity contribution < 1.29 is 0 Å². The summed E-state index contributed by atoms with van der Waals surface area (Å²) in [6, 6.07) is 10.7. The Morgan fingerprint density at radius 3 is 2.57 bits per heavy atom. The van der Waals surface area contributed by atoms with E-state index in [2.05, 4.69) is 57.8 Å². The first-order chi connectivity index (χ1) is 6.34. The lowest BCUT2D eigenvalue weighted by Gasteiger charge is -2.14. The fourth-order valence-electron chi connectivity index (χ4n) is 1.77. The molecule has 1 aromatic carbocycles. The van der Waals surface area contributed by atoms with Crippen molar-refractivity contribution in [1.82, 2.24) is 4.90 Å². The Balaban J connectivity index is 0.000000980. The van der Waals surface area contributed by atoms with Gasteiger partial charge in [0.2, 0.25) is 0 Å². The summed E-state index contributed by atoms with van der Waals surface area (Å²) in [6.07, 6.45) is 1.35. The normalized spacial score (nSPS) is 21.9. The molecule has 1 heterocycles. The zero-order valence-electron chi connectivity index (χ0n) is 8.03. The molecule has 78 valence electrons. The van der Waals surface area contributed by atoms with E-state index >= 15 is 0 Å². The first kappa shape index (κ1) is 12.3. The largest absolute Gasteiger partial charge is 0.298 e. The lowest BCUT2D eigenvalue weighted by atomic mass is 10.2. The van der Waals surface area contributed by atoms with Gasteiger partial charge in [0.1, 0.15) is 0 Å². The lowest BCUT2D eigenvalue weighted by Crippen LogP contribution is -2.19. The second-order valence-corrected chi connectivity index (χ2v) is 5.37. The molecule has 1 nitrogen and oxygen atoms in total. The Hall–Kier alpha value is 0.200. The van der Waals surface area contributed by atoms with Crippen LogP contribution in [0.4, 0.5) is 0 Å². The van der Waals surface area contributed by atoms with Gasteiger partial charge in [-0.2, -0.15) is 0 Å². The maximum Gasteiger partial charge on any atom is 0.0249 e. The summed E-state index contributed by atoms with van der Waals surface area (Å²) in [6.45, 7) is 3.65. The summed E-state index contributed by atoms with van der Waals surface area (Å²) in [5.74, 6) is 0. The molecule has 1 unspecified atom stereocenters. The summed E-state index contributed by atoms with van der Waals surface area (Å²) >= 11 is 2.55. The Morgan fingerprint density at radius 1 is 1.29 bits per heavy atom. The smallest absolute Gasteiger partial charge is 0.0249 e. The minimum Gasteiger partial charge on any atom is -0.298 e. The average molecular weight is 324 g/mol. The van der Waals surface area contributed by atoms with Crippen LogP contribution in [-0.2, 0) is 6.54 Å². The molecule has 0 spiro atoms. The molecule has 0 N–H and O–H groups in total. The molecule has 1 atom stereocenters. The van der Waals surface area contributed by atoms with Crippen LogP contribution >= 0.6 is 35.0 Å². The lowest BCUT2D eigenvalue weighted by molar-refractivity contribution is 0.333. The maximum absolute atomic E-state index is 2.55. The zero-order chi connectivity index (χ0) is 9.10. The van der Waals surface area contributed by atoms with Crippen molar-refractivity contribution in [2.45, 2.75) is 16.9 Å². The second-order valence-electron chi connectivity index (χ2n) is 3.61. The molecule has 1 aliphatic heterocycles. The van der Waals surface area contributed by atoms with Gasteiger partial charge in [0.25, 0.3) is 0 Å². The van der Waals surface area contributed by atoms with E-state index in [1.54, 1.807) is 0 Å². The molecule has 0 aliphatic carbocycles. The van der Waals surface area contributed by atoms with Crippen LogP contribution in [0.3, 0.4) is 0 Å². The second kappa shape index (κ2) is 5.93. The van der Waals surface area contributed by atoms with E-state index in [0.29, 0.717) is 0 Å². The highest BCUT2D eigenvalue weighted by Gasteiger charge is 2.19. The van der Waals surface area contributed by atoms with Gasteiger partial charge >= 0.3 is 0 Å². The quantitative estimate of drug-likeness (QED) is 0.597. The Labute approximate surface area is 105 Å². The molecule has 0 bridgehead atoms. The van der Waals surface area contributed by atoms with Crippen molar-refractivity contribution in [3.8, 4) is 0 Å². The molecular weight excluding hydrogens is 308 g/mol. The predicted molar refractivity (Wildman–Crippen MR) is 71.4 cm³/mol. The highest BCUT2D eigenvalue weighted by Crippen LogP contribution is 2.18. The minimum absolute atomic E-state index is 0. The molecule has 3 heteroatoms. The maximum atomic E-state index is 2.55. The van der Waals surface area contributed by atoms with Crippen LogP contribution < -0.4 is 0 Å². The van der Waals surface area contributed by atoms with Gasteiger partial charge in [-0.15, -0.1) is 12.4 Å². The van der Waals surface area contributed by atoms with E-state index < -0.39 is 0 Å². The molecule has 1 saturated heterocycles. The van der Waals surface area contributed by atoms with Gasteiger partial charge in [-0.1, -0.05) is 52.9 Å². The van der Waals surface area contributed by atoms with E-state index in [4.69, 9.17) is 0 Å². The number of benzene rings is 1. The first-order valence-electron chi connectivity index (χ1n) is 4.75. The van der Waals surface area contributed by atoms with Crippen molar-refractivity contribution in [2.24, 2.45) is 0 Å². The van der Waals surface area contributed by atoms with Crippen molar-refractivity contribution >= 4 is 35.0 Å². The van der Waals surface area contributed by atoms with E-state index in [0.717, 1.165) is 10.5 Å². The molecule has 1 fully saturated rings. The standard InChI is InChI=1S/C11H14IN.ClH/c12-11-6-7-13(9-11)8-10-4-2-1-3-5-10;/h1-5,11H,6-9H2;1H. The minimum atomic E-state index is 0. The molecular formula is C11H15ClIN. The third-order valence-electron chi connectivity index (χ3n) is 2.46. The number of hydrogen-bond acceptors (Lipinski definition) is 1. The molecule has 2 rings (SSSR count). The van der Waals surface area contributed by atoms with E-state index in [1.165, 1.54) is 25.1 Å². The van der Waals surface area contributed by atoms with Crippen LogP contribution in [0.5, 0.6) is 0 Å². The van der Waals surface area contributed by atoms with Crippen molar-refractivity contribution in [3.05, 3.63) is 35.9 Å². The van der Waals surface area contributed by atoms with Crippen molar-refractivity contribution in [3.63, 3.8) is 0 Å². The predicted octanol–water partition coefficient (Wildman–Crippen LogP) is 3.12. The van der Waals surface area contributed by atoms with Gasteiger partial charge in [0, 0.05) is 17.0 Å². The Kier molecular flexibility index (Phi) is 5.20. The SMILES string of the molecule is Cl.IC1CCN(Cc2ccccc2)C1. The van der Waals surface area contributed by atoms with Crippen LogP contribution in [0, 0.1) is 0 Å². The third kappa shape index (κ3) is 3.41. The number of halogens is 2. The number of alkyl halides is 1. The zero-order valence-corrected chi connectivity index (χ0v) is 11.0. The summed E-state index contributed by atoms with van der Waals surface area (Å²) in [5.41, 5.74) is 1.44. The Bertz CT molecular complexity index is 265. The van der Waals surface area contributed by atoms with Gasteiger partial charge in [-0.3, -0.25) is 4.90 Å². The highest BCUT2D eigenvalue weighted by molar-refractivity contribution is 14.1. The summed E-state index contributed by atoms with van der Waals surface area (Å²) in [7, 11) is 0. The number of rotatable bonds is 2. The number of likely N-dealkylation sites (tertiary alicyclic amines) is 1. The van der Waals surface area contributed by atoms with Gasteiger partial charge in [0.15, 0.2) is 0 Å². The van der Waals surface area contributed by atoms with Crippen LogP contribution in [0.15, 0.2) is 30.3 Å². The fraction of sp³-hybridized carbons (Fsp3) is 0.455. The molecule has 1 aromatic rings. The Morgan fingerprint density at radius 2 is 2.00 bits per heavy atom. The highest BCUT2D eigenvalue weighted by atomic mass is 127. The van der Waals surface area contributed by atoms with Crippen LogP contribution in [-0.4, -0.2) is 21.9 Å². The number of hydrogen-bond donors (Lipinski definition) is 0. The summed E-state index contributed by atoms with van der Waals surface area (Å²) in [4.78, 5) is 2.53. The average Bonchev–Trinajstić information content (AvgIpc) is 2.53. The van der Waals surface area contributed by atoms with Gasteiger partial charge in [-0.05, 0) is 18.5 Å². The van der Waals surface area contributed by atoms with E-state index in [-0.39, 0.29) is 12.4 Å². The molecule has 0 radical (unpaired) electrons. The first-order valence-corrected chi connectivity index (χ1v) is 5.99. The number of nitrogens with zero attached hydrogens (tertiary/aromatic N) is 1. The van der Waals surface area contributed by atoms with Gasteiger partial charge < -0.3 is 0 Å². The summed E-state index contributed by atoms with van der Waals surface area (Å²) < 4.78 is 0.862. The van der Waals surface area contributed by atoms with Crippen molar-refractivity contribution in [1.29, 1.82) is 0 Å². The van der Waals surface area contributed by atoms with Gasteiger partial charge in [-0.25, -0.2) is 0 Å². The van der Waals surface area contributed by atoms with Crippen LogP contribution in [0.2, 0.25) is 0 Å². The third-order valence-corrected chi connectivity index (χ3v) is 3.48. The van der Waals surface area contributed by atoms with Gasteiger partial charge in [0.05, 0.1) is 0 Å². The van der Waals surface area contributed by atoms with Crippen LogP contribution in [0.25, 0.3) is 0 Å². The molecule has 14 heavy (non-hydrogen) atoms. The molecule has 0 aromatic heterocycles. The van der Waals surface area contributed by atoms with Crippen molar-refractivity contribution in [2.75, 3.05) is 13.1 Å². The molecule has 1 aliphatic rings. The van der Waals surface area contributed by atoms with E-state index in [1.807, 2.05) is 0 Å². The monoisotopic (exact) mass is 323 g/mol. The van der Waals surface area contributed by atoms with E-state index in [9.17, 15) is 0 Å². The topological polar surface area (TPSA) is 3.24 Å². The molecule has 0 amide bonds. The summed E-state index contributed by atoms with van der Waals surface area (Å²) in [5, 5.41) is 0. The fourth-order valence-corrected chi connectivity index (χ4v) is 2.61.